The normalized spacial score (nSPS) is 13.8. The molecule has 0 aromatic heterocycles. The zero-order valence-corrected chi connectivity index (χ0v) is 18.1. The van der Waals surface area contributed by atoms with E-state index < -0.39 is 20.6 Å². The largest absolute Gasteiger partial charge is 0.508 e. The summed E-state index contributed by atoms with van der Waals surface area (Å²) in [7, 11) is -5.07. The van der Waals surface area contributed by atoms with Gasteiger partial charge in [-0.3, -0.25) is 4.55 Å². The second-order valence-corrected chi connectivity index (χ2v) is 9.25. The molecule has 0 spiro atoms. The van der Waals surface area contributed by atoms with Crippen LogP contribution in [0.5, 0.6) is 11.5 Å². The van der Waals surface area contributed by atoms with Gasteiger partial charge in [-0.05, 0) is 29.8 Å². The minimum Gasteiger partial charge on any atom is -0.508 e. The van der Waals surface area contributed by atoms with Crippen molar-refractivity contribution in [1.82, 2.24) is 0 Å². The number of rotatable bonds is 4. The number of aromatic hydroxyl groups is 2. The van der Waals surface area contributed by atoms with Crippen LogP contribution in [0, 0.1) is 0 Å². The standard InChI is InChI=1S/C19H12Cl4O5S/c20-14-6-2-5-12(18(14)23)19(29(26,27)28,10-3-1-4-11(24)7-10)13-8-16(22)17(25)9-15(13)21/h1-9,24-25H,(H,26,27,28). The Kier molecular flexibility index (Phi) is 5.98. The lowest BCUT2D eigenvalue weighted by molar-refractivity contribution is 0.455. The van der Waals surface area contributed by atoms with E-state index >= 15 is 0 Å². The molecule has 3 rings (SSSR count). The molecular formula is C19H12Cl4O5S. The van der Waals surface area contributed by atoms with E-state index in [9.17, 15) is 23.2 Å². The molecule has 0 saturated heterocycles. The quantitative estimate of drug-likeness (QED) is 0.311. The number of halogens is 4. The van der Waals surface area contributed by atoms with Gasteiger partial charge in [0.15, 0.2) is 4.75 Å². The average molecular weight is 494 g/mol. The van der Waals surface area contributed by atoms with Gasteiger partial charge in [0.1, 0.15) is 11.5 Å². The minimum absolute atomic E-state index is 0.0262. The molecule has 152 valence electrons. The zero-order valence-electron chi connectivity index (χ0n) is 14.3. The smallest absolute Gasteiger partial charge is 0.283 e. The SMILES string of the molecule is O=S(=O)(O)C(c1cccc(O)c1)(c1cc(Cl)c(O)cc1Cl)c1cccc(Cl)c1Cl. The minimum atomic E-state index is -5.07. The van der Waals surface area contributed by atoms with Crippen molar-refractivity contribution in [3.05, 3.63) is 91.4 Å². The highest BCUT2D eigenvalue weighted by Gasteiger charge is 2.51. The molecule has 0 bridgehead atoms. The van der Waals surface area contributed by atoms with Gasteiger partial charge in [-0.1, -0.05) is 70.7 Å². The van der Waals surface area contributed by atoms with Crippen LogP contribution in [0.4, 0.5) is 0 Å². The van der Waals surface area contributed by atoms with Crippen LogP contribution in [0.15, 0.2) is 54.6 Å². The van der Waals surface area contributed by atoms with Gasteiger partial charge in [-0.15, -0.1) is 0 Å². The van der Waals surface area contributed by atoms with Crippen molar-refractivity contribution in [3.8, 4) is 11.5 Å². The first-order valence-corrected chi connectivity index (χ1v) is 10.8. The van der Waals surface area contributed by atoms with Crippen molar-refractivity contribution in [2.75, 3.05) is 0 Å². The molecule has 0 amide bonds. The second kappa shape index (κ2) is 7.87. The Morgan fingerprint density at radius 3 is 2.03 bits per heavy atom. The number of phenols is 2. The molecule has 3 aromatic rings. The van der Waals surface area contributed by atoms with Gasteiger partial charge in [-0.25, -0.2) is 0 Å². The Labute approximate surface area is 186 Å². The van der Waals surface area contributed by atoms with Crippen LogP contribution in [-0.4, -0.2) is 23.2 Å². The fourth-order valence-corrected chi connectivity index (χ4v) is 5.53. The number of hydrogen-bond acceptors (Lipinski definition) is 4. The number of phenolic OH excluding ortho intramolecular Hbond substituents is 2. The third kappa shape index (κ3) is 3.65. The lowest BCUT2D eigenvalue weighted by Crippen LogP contribution is -2.39. The van der Waals surface area contributed by atoms with E-state index in [-0.39, 0.29) is 42.5 Å². The van der Waals surface area contributed by atoms with E-state index in [1.807, 2.05) is 0 Å². The molecule has 5 nitrogen and oxygen atoms in total. The summed E-state index contributed by atoms with van der Waals surface area (Å²) in [5, 5.41) is 19.3. The molecule has 0 saturated carbocycles. The summed E-state index contributed by atoms with van der Waals surface area (Å²) >= 11 is 24.8. The van der Waals surface area contributed by atoms with Crippen LogP contribution >= 0.6 is 46.4 Å². The highest BCUT2D eigenvalue weighted by atomic mass is 35.5. The van der Waals surface area contributed by atoms with Gasteiger partial charge >= 0.3 is 0 Å². The fourth-order valence-electron chi connectivity index (χ4n) is 3.19. The monoisotopic (exact) mass is 492 g/mol. The molecule has 3 aromatic carbocycles. The third-order valence-electron chi connectivity index (χ3n) is 4.39. The molecule has 1 unspecified atom stereocenters. The van der Waals surface area contributed by atoms with Crippen LogP contribution in [0.25, 0.3) is 0 Å². The van der Waals surface area contributed by atoms with Crippen LogP contribution in [0.3, 0.4) is 0 Å². The summed E-state index contributed by atoms with van der Waals surface area (Å²) in [6, 6.07) is 11.6. The van der Waals surface area contributed by atoms with Crippen LogP contribution in [0.2, 0.25) is 20.1 Å². The molecule has 0 heterocycles. The van der Waals surface area contributed by atoms with Crippen molar-refractivity contribution in [2.45, 2.75) is 4.75 Å². The van der Waals surface area contributed by atoms with Gasteiger partial charge in [0.05, 0.1) is 15.1 Å². The van der Waals surface area contributed by atoms with Crippen LogP contribution in [0.1, 0.15) is 16.7 Å². The predicted molar refractivity (Wildman–Crippen MR) is 114 cm³/mol. The highest BCUT2D eigenvalue weighted by molar-refractivity contribution is 7.87. The summed E-state index contributed by atoms with van der Waals surface area (Å²) in [5.41, 5.74) is -0.393. The Hall–Kier alpha value is -1.67. The van der Waals surface area contributed by atoms with Crippen LogP contribution in [-0.2, 0) is 14.9 Å². The first-order chi connectivity index (χ1) is 13.5. The Morgan fingerprint density at radius 2 is 1.41 bits per heavy atom. The topological polar surface area (TPSA) is 94.8 Å². The van der Waals surface area contributed by atoms with E-state index in [0.717, 1.165) is 18.2 Å². The zero-order chi connectivity index (χ0) is 21.6. The summed E-state index contributed by atoms with van der Waals surface area (Å²) in [4.78, 5) is 0. The average Bonchev–Trinajstić information content (AvgIpc) is 2.62. The summed E-state index contributed by atoms with van der Waals surface area (Å²) in [5.74, 6) is -0.660. The number of hydrogen-bond donors (Lipinski definition) is 3. The first-order valence-electron chi connectivity index (χ1n) is 7.89. The van der Waals surface area contributed by atoms with Crippen molar-refractivity contribution in [1.29, 1.82) is 0 Å². The molecular weight excluding hydrogens is 482 g/mol. The van der Waals surface area contributed by atoms with E-state index in [1.165, 1.54) is 36.4 Å². The first kappa shape index (κ1) is 22.0. The van der Waals surface area contributed by atoms with E-state index in [1.54, 1.807) is 0 Å². The second-order valence-electron chi connectivity index (χ2n) is 6.09. The maximum Gasteiger partial charge on any atom is 0.283 e. The Bertz CT molecular complexity index is 1210. The molecule has 3 N–H and O–H groups in total. The summed E-state index contributed by atoms with van der Waals surface area (Å²) in [6.45, 7) is 0. The third-order valence-corrected chi connectivity index (χ3v) is 7.27. The van der Waals surface area contributed by atoms with E-state index in [0.29, 0.717) is 0 Å². The molecule has 0 aliphatic carbocycles. The van der Waals surface area contributed by atoms with Gasteiger partial charge in [0, 0.05) is 22.2 Å². The van der Waals surface area contributed by atoms with Crippen molar-refractivity contribution in [3.63, 3.8) is 0 Å². The van der Waals surface area contributed by atoms with Gasteiger partial charge in [0.25, 0.3) is 10.1 Å². The fraction of sp³-hybridized carbons (Fsp3) is 0.0526. The van der Waals surface area contributed by atoms with Gasteiger partial charge in [0.2, 0.25) is 0 Å². The molecule has 0 radical (unpaired) electrons. The van der Waals surface area contributed by atoms with Crippen molar-refractivity contribution >= 4 is 56.5 Å². The summed E-state index contributed by atoms with van der Waals surface area (Å²) < 4.78 is 34.1. The van der Waals surface area contributed by atoms with Gasteiger partial charge in [-0.2, -0.15) is 8.42 Å². The molecule has 1 atom stereocenters. The molecule has 0 aliphatic heterocycles. The number of benzene rings is 3. The molecule has 0 aliphatic rings. The Balaban J connectivity index is 2.63. The Morgan fingerprint density at radius 1 is 0.759 bits per heavy atom. The highest BCUT2D eigenvalue weighted by Crippen LogP contribution is 2.51. The maximum absolute atomic E-state index is 13.0. The van der Waals surface area contributed by atoms with E-state index in [2.05, 4.69) is 0 Å². The van der Waals surface area contributed by atoms with E-state index in [4.69, 9.17) is 46.4 Å². The van der Waals surface area contributed by atoms with Crippen molar-refractivity contribution < 1.29 is 23.2 Å². The maximum atomic E-state index is 13.0. The molecule has 29 heavy (non-hydrogen) atoms. The van der Waals surface area contributed by atoms with Crippen molar-refractivity contribution in [2.24, 2.45) is 0 Å². The van der Waals surface area contributed by atoms with Gasteiger partial charge < -0.3 is 10.2 Å². The molecule has 0 fully saturated rings. The summed E-state index contributed by atoms with van der Waals surface area (Å²) in [6.07, 6.45) is 0. The van der Waals surface area contributed by atoms with Crippen LogP contribution < -0.4 is 0 Å². The lowest BCUT2D eigenvalue weighted by Gasteiger charge is -2.34. The lowest BCUT2D eigenvalue weighted by atomic mass is 9.83. The molecule has 10 heteroatoms. The predicted octanol–water partition coefficient (Wildman–Crippen LogP) is 5.89.